The molecule has 1 aliphatic heterocycles. The van der Waals surface area contributed by atoms with Crippen LogP contribution in [0.2, 0.25) is 5.15 Å². The number of aromatic nitrogens is 5. The van der Waals surface area contributed by atoms with E-state index in [0.717, 1.165) is 48.6 Å². The van der Waals surface area contributed by atoms with E-state index in [4.69, 9.17) is 21.3 Å². The number of aryl methyl sites for hydroxylation is 1. The van der Waals surface area contributed by atoms with Gasteiger partial charge in [0.05, 0.1) is 12.8 Å². The second kappa shape index (κ2) is 8.63. The van der Waals surface area contributed by atoms with E-state index in [1.807, 2.05) is 35.0 Å². The Balaban J connectivity index is 1.43. The summed E-state index contributed by atoms with van der Waals surface area (Å²) >= 11 is 5.95. The predicted octanol–water partition coefficient (Wildman–Crippen LogP) is 5.32. The van der Waals surface area contributed by atoms with Crippen LogP contribution in [0.4, 0.5) is 16.0 Å². The number of hydrogen-bond acceptors (Lipinski definition) is 5. The Bertz CT molecular complexity index is 1240. The molecule has 3 heterocycles. The zero-order chi connectivity index (χ0) is 22.1. The van der Waals surface area contributed by atoms with Gasteiger partial charge < -0.3 is 14.6 Å². The highest BCUT2D eigenvalue weighted by Gasteiger charge is 2.24. The molecule has 164 valence electrons. The van der Waals surface area contributed by atoms with Crippen LogP contribution in [0, 0.1) is 5.82 Å². The Labute approximate surface area is 189 Å². The molecule has 0 saturated heterocycles. The first-order valence-electron chi connectivity index (χ1n) is 10.5. The molecule has 1 N–H and O–H groups in total. The van der Waals surface area contributed by atoms with Crippen LogP contribution in [0.3, 0.4) is 0 Å². The molecule has 5 rings (SSSR count). The number of ether oxygens (including phenoxy) is 1. The van der Waals surface area contributed by atoms with Crippen molar-refractivity contribution in [3.63, 3.8) is 0 Å². The lowest BCUT2D eigenvalue weighted by atomic mass is 9.93. The lowest BCUT2D eigenvalue weighted by Crippen LogP contribution is -2.08. The average Bonchev–Trinajstić information content (AvgIpc) is 3.35. The van der Waals surface area contributed by atoms with E-state index in [9.17, 15) is 4.39 Å². The first-order chi connectivity index (χ1) is 15.6. The van der Waals surface area contributed by atoms with Crippen LogP contribution in [0.25, 0.3) is 5.69 Å². The van der Waals surface area contributed by atoms with Gasteiger partial charge in [-0.1, -0.05) is 30.2 Å². The van der Waals surface area contributed by atoms with Crippen molar-refractivity contribution < 1.29 is 9.13 Å². The summed E-state index contributed by atoms with van der Waals surface area (Å²) in [6.45, 7) is 0.811. The van der Waals surface area contributed by atoms with Crippen LogP contribution in [-0.2, 0) is 6.54 Å². The molecular formula is C23H22ClFN6O. The first-order valence-corrected chi connectivity index (χ1v) is 10.8. The molecule has 1 atom stereocenters. The minimum Gasteiger partial charge on any atom is -0.494 e. The maximum atomic E-state index is 13.4. The van der Waals surface area contributed by atoms with Crippen molar-refractivity contribution in [3.8, 4) is 11.4 Å². The number of methoxy groups -OCH3 is 1. The van der Waals surface area contributed by atoms with E-state index in [0.29, 0.717) is 16.9 Å². The summed E-state index contributed by atoms with van der Waals surface area (Å²) in [5.74, 6) is 1.93. The SMILES string of the molecule is COc1cc(Nc2nc3n(n2)CCCC[C@@H]3c2ccc(F)cc2)ccc1-n1cnc(Cl)c1. The molecule has 0 bridgehead atoms. The van der Waals surface area contributed by atoms with Gasteiger partial charge in [-0.25, -0.2) is 14.1 Å². The van der Waals surface area contributed by atoms with Crippen LogP contribution in [0.5, 0.6) is 5.75 Å². The molecule has 0 unspecified atom stereocenters. The third kappa shape index (κ3) is 4.05. The van der Waals surface area contributed by atoms with Gasteiger partial charge in [0.1, 0.15) is 28.9 Å². The topological polar surface area (TPSA) is 69.8 Å². The molecule has 0 saturated carbocycles. The molecule has 2 aromatic heterocycles. The Hall–Kier alpha value is -3.39. The predicted molar refractivity (Wildman–Crippen MR) is 121 cm³/mol. The fourth-order valence-corrected chi connectivity index (χ4v) is 4.26. The number of fused-ring (bicyclic) bond motifs is 1. The number of anilines is 2. The number of rotatable bonds is 5. The molecule has 0 amide bonds. The standard InChI is InChI=1S/C23H22ClFN6O/c1-32-20-12-17(9-10-19(20)30-13-21(24)26-14-30)27-23-28-22-18(4-2-3-11-31(22)29-23)15-5-7-16(25)8-6-15/h5-10,12-14,18H,2-4,11H2,1H3,(H,27,29)/t18-/m1/s1. The Morgan fingerprint density at radius 1 is 1.16 bits per heavy atom. The van der Waals surface area contributed by atoms with Gasteiger partial charge in [0, 0.05) is 30.4 Å². The summed E-state index contributed by atoms with van der Waals surface area (Å²) in [6.07, 6.45) is 6.42. The van der Waals surface area contributed by atoms with Crippen LogP contribution in [-0.4, -0.2) is 31.4 Å². The van der Waals surface area contributed by atoms with Gasteiger partial charge in [-0.15, -0.1) is 5.10 Å². The van der Waals surface area contributed by atoms with Crippen LogP contribution >= 0.6 is 11.6 Å². The van der Waals surface area contributed by atoms with Crippen LogP contribution < -0.4 is 10.1 Å². The van der Waals surface area contributed by atoms with E-state index >= 15 is 0 Å². The van der Waals surface area contributed by atoms with Gasteiger partial charge in [-0.3, -0.25) is 0 Å². The minimum absolute atomic E-state index is 0.0871. The summed E-state index contributed by atoms with van der Waals surface area (Å²) in [5.41, 5.74) is 2.68. The first kappa shape index (κ1) is 20.5. The Morgan fingerprint density at radius 2 is 2.00 bits per heavy atom. The van der Waals surface area contributed by atoms with Crippen molar-refractivity contribution >= 4 is 23.2 Å². The lowest BCUT2D eigenvalue weighted by molar-refractivity contribution is 0.413. The third-order valence-electron chi connectivity index (χ3n) is 5.66. The monoisotopic (exact) mass is 452 g/mol. The number of imidazole rings is 1. The van der Waals surface area contributed by atoms with Gasteiger partial charge >= 0.3 is 0 Å². The van der Waals surface area contributed by atoms with Crippen molar-refractivity contribution in [1.29, 1.82) is 0 Å². The molecule has 32 heavy (non-hydrogen) atoms. The van der Waals surface area contributed by atoms with Crippen molar-refractivity contribution in [2.45, 2.75) is 31.7 Å². The summed E-state index contributed by atoms with van der Waals surface area (Å²) in [4.78, 5) is 8.85. The van der Waals surface area contributed by atoms with E-state index in [-0.39, 0.29) is 11.7 Å². The average molecular weight is 453 g/mol. The summed E-state index contributed by atoms with van der Waals surface area (Å²) in [7, 11) is 1.62. The fourth-order valence-electron chi connectivity index (χ4n) is 4.11. The third-order valence-corrected chi connectivity index (χ3v) is 5.86. The fraction of sp³-hybridized carbons (Fsp3) is 0.261. The molecule has 7 nitrogen and oxygen atoms in total. The highest BCUT2D eigenvalue weighted by Crippen LogP contribution is 2.33. The van der Waals surface area contributed by atoms with E-state index in [1.54, 1.807) is 24.2 Å². The normalized spacial score (nSPS) is 15.8. The molecule has 0 fully saturated rings. The zero-order valence-corrected chi connectivity index (χ0v) is 18.3. The summed E-state index contributed by atoms with van der Waals surface area (Å²) < 4.78 is 22.7. The Morgan fingerprint density at radius 3 is 2.75 bits per heavy atom. The van der Waals surface area contributed by atoms with Crippen molar-refractivity contribution in [2.75, 3.05) is 12.4 Å². The maximum Gasteiger partial charge on any atom is 0.246 e. The smallest absolute Gasteiger partial charge is 0.246 e. The van der Waals surface area contributed by atoms with Crippen LogP contribution in [0.15, 0.2) is 55.0 Å². The number of nitrogens with one attached hydrogen (secondary N) is 1. The van der Waals surface area contributed by atoms with E-state index in [2.05, 4.69) is 15.4 Å². The minimum atomic E-state index is -0.235. The largest absolute Gasteiger partial charge is 0.494 e. The molecular weight excluding hydrogens is 431 g/mol. The van der Waals surface area contributed by atoms with Gasteiger partial charge in [-0.2, -0.15) is 4.98 Å². The van der Waals surface area contributed by atoms with Crippen molar-refractivity contribution in [2.24, 2.45) is 0 Å². The number of benzene rings is 2. The summed E-state index contributed by atoms with van der Waals surface area (Å²) in [5, 5.41) is 8.38. The van der Waals surface area contributed by atoms with Gasteiger partial charge in [0.25, 0.3) is 0 Å². The second-order valence-corrected chi connectivity index (χ2v) is 8.12. The van der Waals surface area contributed by atoms with Gasteiger partial charge in [0.15, 0.2) is 0 Å². The molecule has 4 aromatic rings. The number of nitrogens with zero attached hydrogens (tertiary/aromatic N) is 5. The molecule has 0 aliphatic carbocycles. The van der Waals surface area contributed by atoms with Crippen molar-refractivity contribution in [3.05, 3.63) is 77.3 Å². The quantitative estimate of drug-likeness (QED) is 0.443. The van der Waals surface area contributed by atoms with E-state index < -0.39 is 0 Å². The number of hydrogen-bond donors (Lipinski definition) is 1. The maximum absolute atomic E-state index is 13.4. The highest BCUT2D eigenvalue weighted by atomic mass is 35.5. The van der Waals surface area contributed by atoms with Crippen LogP contribution in [0.1, 0.15) is 36.6 Å². The van der Waals surface area contributed by atoms with Gasteiger partial charge in [-0.05, 0) is 42.7 Å². The second-order valence-electron chi connectivity index (χ2n) is 7.73. The molecule has 1 aliphatic rings. The molecule has 9 heteroatoms. The summed E-state index contributed by atoms with van der Waals surface area (Å²) in [6, 6.07) is 12.4. The van der Waals surface area contributed by atoms with Gasteiger partial charge in [0.2, 0.25) is 5.95 Å². The van der Waals surface area contributed by atoms with E-state index in [1.165, 1.54) is 12.1 Å². The molecule has 0 spiro atoms. The highest BCUT2D eigenvalue weighted by molar-refractivity contribution is 6.29. The number of halogens is 2. The molecule has 0 radical (unpaired) electrons. The Kier molecular flexibility index (Phi) is 5.53. The molecule has 2 aromatic carbocycles. The van der Waals surface area contributed by atoms with Crippen molar-refractivity contribution in [1.82, 2.24) is 24.3 Å². The zero-order valence-electron chi connectivity index (χ0n) is 17.5. The lowest BCUT2D eigenvalue weighted by Gasteiger charge is -2.14.